The number of nitrogens with zero attached hydrogens (tertiary/aromatic N) is 3. The van der Waals surface area contributed by atoms with E-state index >= 15 is 0 Å². The number of rotatable bonds is 7. The van der Waals surface area contributed by atoms with Crippen LogP contribution in [0.5, 0.6) is 0 Å². The molecule has 2 fully saturated rings. The first kappa shape index (κ1) is 27.7. The minimum atomic E-state index is -0.983. The van der Waals surface area contributed by atoms with Crippen LogP contribution in [0.4, 0.5) is 0 Å². The SMILES string of the molecule is Cn1c(C2(NC(=O)c3ccc4c(C5CCCCC5)c(-c5ccsc5)n(C)c4c3)CCC2)nc2ccc(/C=C/C(=O)O)cc21. The van der Waals surface area contributed by atoms with E-state index in [0.29, 0.717) is 11.5 Å². The number of benzene rings is 2. The number of imidazole rings is 1. The number of fused-ring (bicyclic) bond motifs is 2. The quantitative estimate of drug-likeness (QED) is 0.189. The van der Waals surface area contributed by atoms with Crippen LogP contribution >= 0.6 is 11.3 Å². The van der Waals surface area contributed by atoms with Crippen molar-refractivity contribution in [3.63, 3.8) is 0 Å². The lowest BCUT2D eigenvalue weighted by atomic mass is 9.75. The van der Waals surface area contributed by atoms with Crippen LogP contribution < -0.4 is 5.32 Å². The van der Waals surface area contributed by atoms with Crippen molar-refractivity contribution in [2.24, 2.45) is 14.1 Å². The van der Waals surface area contributed by atoms with Crippen LogP contribution in [0.3, 0.4) is 0 Å². The van der Waals surface area contributed by atoms with Crippen molar-refractivity contribution >= 4 is 51.2 Å². The molecule has 5 aromatic rings. The van der Waals surface area contributed by atoms with Crippen LogP contribution in [0.25, 0.3) is 39.3 Å². The van der Waals surface area contributed by atoms with Gasteiger partial charge in [-0.3, -0.25) is 4.79 Å². The monoisotopic (exact) mass is 592 g/mol. The van der Waals surface area contributed by atoms with Gasteiger partial charge in [0.25, 0.3) is 5.91 Å². The number of aromatic nitrogens is 3. The Morgan fingerprint density at radius 2 is 1.81 bits per heavy atom. The summed E-state index contributed by atoms with van der Waals surface area (Å²) in [6.45, 7) is 0. The van der Waals surface area contributed by atoms with E-state index in [1.165, 1.54) is 54.3 Å². The number of carboxylic acid groups (broad SMARTS) is 1. The number of carbonyl (C=O) groups is 2. The highest BCUT2D eigenvalue weighted by molar-refractivity contribution is 7.08. The van der Waals surface area contributed by atoms with Gasteiger partial charge in [0.15, 0.2) is 0 Å². The molecule has 2 aliphatic rings. The summed E-state index contributed by atoms with van der Waals surface area (Å²) in [5, 5.41) is 18.0. The molecule has 2 aliphatic carbocycles. The van der Waals surface area contributed by atoms with E-state index in [4.69, 9.17) is 10.1 Å². The summed E-state index contributed by atoms with van der Waals surface area (Å²) in [4.78, 5) is 29.9. The number of aliphatic carboxylic acids is 1. The van der Waals surface area contributed by atoms with Crippen molar-refractivity contribution in [1.29, 1.82) is 0 Å². The topological polar surface area (TPSA) is 89.2 Å². The maximum absolute atomic E-state index is 13.9. The molecule has 0 aliphatic heterocycles. The highest BCUT2D eigenvalue weighted by Crippen LogP contribution is 2.45. The summed E-state index contributed by atoms with van der Waals surface area (Å²) in [5.41, 5.74) is 7.72. The third kappa shape index (κ3) is 4.78. The third-order valence-corrected chi connectivity index (χ3v) is 10.3. The molecule has 7 nitrogen and oxygen atoms in total. The van der Waals surface area contributed by atoms with Gasteiger partial charge in [0.2, 0.25) is 0 Å². The zero-order valence-corrected chi connectivity index (χ0v) is 25.4. The Hall–Kier alpha value is -4.17. The van der Waals surface area contributed by atoms with Gasteiger partial charge >= 0.3 is 5.97 Å². The fraction of sp³-hybridized carbons (Fsp3) is 0.343. The third-order valence-electron chi connectivity index (χ3n) is 9.62. The molecule has 2 aromatic carbocycles. The zero-order chi connectivity index (χ0) is 29.7. The summed E-state index contributed by atoms with van der Waals surface area (Å²) in [7, 11) is 4.10. The fourth-order valence-electron chi connectivity index (χ4n) is 7.29. The Bertz CT molecular complexity index is 1890. The summed E-state index contributed by atoms with van der Waals surface area (Å²) in [6.07, 6.45) is 11.7. The average molecular weight is 593 g/mol. The molecule has 220 valence electrons. The molecule has 0 spiro atoms. The molecule has 0 radical (unpaired) electrons. The van der Waals surface area contributed by atoms with E-state index in [0.717, 1.165) is 53.3 Å². The number of aryl methyl sites for hydroxylation is 2. The van der Waals surface area contributed by atoms with Gasteiger partial charge in [-0.15, -0.1) is 0 Å². The van der Waals surface area contributed by atoms with Crippen LogP contribution in [0, 0.1) is 0 Å². The lowest BCUT2D eigenvalue weighted by Gasteiger charge is -2.41. The van der Waals surface area contributed by atoms with E-state index < -0.39 is 11.5 Å². The largest absolute Gasteiger partial charge is 0.478 e. The second-order valence-corrected chi connectivity index (χ2v) is 13.0. The average Bonchev–Trinajstić information content (AvgIpc) is 3.71. The second kappa shape index (κ2) is 10.8. The van der Waals surface area contributed by atoms with Gasteiger partial charge in [0.1, 0.15) is 5.82 Å². The summed E-state index contributed by atoms with van der Waals surface area (Å²) < 4.78 is 4.33. The maximum atomic E-state index is 13.9. The van der Waals surface area contributed by atoms with Crippen molar-refractivity contribution in [2.45, 2.75) is 62.8 Å². The van der Waals surface area contributed by atoms with E-state index in [1.807, 2.05) is 35.9 Å². The van der Waals surface area contributed by atoms with Crippen molar-refractivity contribution in [2.75, 3.05) is 0 Å². The minimum Gasteiger partial charge on any atom is -0.478 e. The predicted molar refractivity (Wildman–Crippen MR) is 172 cm³/mol. The molecule has 3 aromatic heterocycles. The van der Waals surface area contributed by atoms with Crippen LogP contribution in [0.1, 0.15) is 84.6 Å². The highest BCUT2D eigenvalue weighted by Gasteiger charge is 2.44. The van der Waals surface area contributed by atoms with Crippen molar-refractivity contribution in [1.82, 2.24) is 19.4 Å². The van der Waals surface area contributed by atoms with Crippen LogP contribution in [-0.4, -0.2) is 31.1 Å². The molecule has 2 saturated carbocycles. The Labute approximate surface area is 254 Å². The molecule has 0 atom stereocenters. The molecule has 0 unspecified atom stereocenters. The van der Waals surface area contributed by atoms with E-state index in [-0.39, 0.29) is 5.91 Å². The standard InChI is InChI=1S/C35H36N4O3S/c1-38-28-20-24(11-12-26(28)31(23-7-4-3-5-8-23)32(38)25-15-18-43-21-25)33(42)37-35(16-6-17-35)34-36-27-13-9-22(10-14-30(40)41)19-29(27)39(34)2/h9-15,18-21,23H,3-8,16-17H2,1-2H3,(H,37,42)(H,40,41)/b14-10+. The molecule has 43 heavy (non-hydrogen) atoms. The number of carbonyl (C=O) groups excluding carboxylic acids is 1. The van der Waals surface area contributed by atoms with Crippen molar-refractivity contribution < 1.29 is 14.7 Å². The summed E-state index contributed by atoms with van der Waals surface area (Å²) in [6, 6.07) is 14.1. The molecule has 1 amide bonds. The van der Waals surface area contributed by atoms with E-state index in [9.17, 15) is 9.59 Å². The van der Waals surface area contributed by atoms with Gasteiger partial charge in [0.05, 0.1) is 22.3 Å². The number of carboxylic acids is 1. The van der Waals surface area contributed by atoms with Crippen molar-refractivity contribution in [3.05, 3.63) is 81.8 Å². The zero-order valence-electron chi connectivity index (χ0n) is 24.6. The first-order valence-corrected chi connectivity index (χ1v) is 16.1. The number of nitrogens with one attached hydrogen (secondary N) is 1. The molecule has 3 heterocycles. The summed E-state index contributed by atoms with van der Waals surface area (Å²) >= 11 is 1.72. The first-order chi connectivity index (χ1) is 20.8. The van der Waals surface area contributed by atoms with Gasteiger partial charge in [-0.05, 0) is 90.9 Å². The van der Waals surface area contributed by atoms with Crippen LogP contribution in [0.2, 0.25) is 0 Å². The van der Waals surface area contributed by atoms with Gasteiger partial charge in [-0.1, -0.05) is 31.4 Å². The molecule has 7 rings (SSSR count). The molecule has 2 N–H and O–H groups in total. The van der Waals surface area contributed by atoms with Gasteiger partial charge in [-0.2, -0.15) is 11.3 Å². The Morgan fingerprint density at radius 3 is 2.51 bits per heavy atom. The minimum absolute atomic E-state index is 0.0868. The number of hydrogen-bond acceptors (Lipinski definition) is 4. The molecular formula is C35H36N4O3S. The summed E-state index contributed by atoms with van der Waals surface area (Å²) in [5.74, 6) is 0.309. The van der Waals surface area contributed by atoms with Gasteiger partial charge in [-0.25, -0.2) is 9.78 Å². The molecular weight excluding hydrogens is 556 g/mol. The first-order valence-electron chi connectivity index (χ1n) is 15.2. The smallest absolute Gasteiger partial charge is 0.328 e. The Kier molecular flexibility index (Phi) is 6.96. The normalized spacial score (nSPS) is 17.1. The predicted octanol–water partition coefficient (Wildman–Crippen LogP) is 7.75. The lowest BCUT2D eigenvalue weighted by molar-refractivity contribution is -0.131. The van der Waals surface area contributed by atoms with Gasteiger partial charge in [0, 0.05) is 47.6 Å². The van der Waals surface area contributed by atoms with Crippen LogP contribution in [-0.2, 0) is 24.4 Å². The highest BCUT2D eigenvalue weighted by atomic mass is 32.1. The number of amides is 1. The molecule has 0 saturated heterocycles. The van der Waals surface area contributed by atoms with E-state index in [1.54, 1.807) is 17.4 Å². The molecule has 8 heteroatoms. The Morgan fingerprint density at radius 1 is 1.00 bits per heavy atom. The Balaban J connectivity index is 1.24. The number of thiophene rings is 1. The maximum Gasteiger partial charge on any atom is 0.328 e. The second-order valence-electron chi connectivity index (χ2n) is 12.2. The number of hydrogen-bond donors (Lipinski definition) is 2. The fourth-order valence-corrected chi connectivity index (χ4v) is 7.93. The van der Waals surface area contributed by atoms with Crippen LogP contribution in [0.15, 0.2) is 59.3 Å². The van der Waals surface area contributed by atoms with Gasteiger partial charge < -0.3 is 19.6 Å². The van der Waals surface area contributed by atoms with E-state index in [2.05, 4.69) is 45.9 Å². The molecule has 0 bridgehead atoms. The van der Waals surface area contributed by atoms with Crippen molar-refractivity contribution in [3.8, 4) is 11.3 Å². The lowest BCUT2D eigenvalue weighted by Crippen LogP contribution is -2.52.